The van der Waals surface area contributed by atoms with Crippen LogP contribution in [0.5, 0.6) is 0 Å². The van der Waals surface area contributed by atoms with Crippen LogP contribution in [-0.4, -0.2) is 47.0 Å². The van der Waals surface area contributed by atoms with Gasteiger partial charge in [0.1, 0.15) is 0 Å². The second-order valence-corrected chi connectivity index (χ2v) is 10.0. The van der Waals surface area contributed by atoms with Gasteiger partial charge in [-0.2, -0.15) is 0 Å². The maximum Gasteiger partial charge on any atom is 0.262 e. The number of anilines is 2. The minimum Gasteiger partial charge on any atom is -0.378 e. The first kappa shape index (κ1) is 25.3. The molecule has 3 aromatic rings. The quantitative estimate of drug-likeness (QED) is 0.339. The van der Waals surface area contributed by atoms with Gasteiger partial charge in [0.25, 0.3) is 5.56 Å². The van der Waals surface area contributed by atoms with Gasteiger partial charge in [-0.15, -0.1) is 0 Å². The van der Waals surface area contributed by atoms with Gasteiger partial charge in [0.05, 0.1) is 29.4 Å². The van der Waals surface area contributed by atoms with Crippen LogP contribution in [0.1, 0.15) is 38.7 Å². The van der Waals surface area contributed by atoms with Crippen LogP contribution in [0.25, 0.3) is 10.9 Å². The predicted octanol–water partition coefficient (Wildman–Crippen LogP) is 4.85. The first-order valence-electron chi connectivity index (χ1n) is 12.4. The SMILES string of the molecule is CCCCn1c(SC(CC)C(=O)Nc2cccc(C)c2)nc2ccc(N3CCOCC3)cc2c1=O. The van der Waals surface area contributed by atoms with Crippen molar-refractivity contribution in [2.75, 3.05) is 36.5 Å². The number of morpholine rings is 1. The fourth-order valence-electron chi connectivity index (χ4n) is 4.21. The first-order chi connectivity index (χ1) is 17.0. The van der Waals surface area contributed by atoms with Crippen LogP contribution in [0.2, 0.25) is 0 Å². The van der Waals surface area contributed by atoms with Gasteiger partial charge in [-0.3, -0.25) is 14.2 Å². The Balaban J connectivity index is 1.65. The molecule has 2 heterocycles. The number of hydrogen-bond acceptors (Lipinski definition) is 6. The fourth-order valence-corrected chi connectivity index (χ4v) is 5.24. The van der Waals surface area contributed by atoms with Crippen molar-refractivity contribution in [3.8, 4) is 0 Å². The third-order valence-electron chi connectivity index (χ3n) is 6.21. The molecular weight excluding hydrogens is 460 g/mol. The highest BCUT2D eigenvalue weighted by Gasteiger charge is 2.23. The lowest BCUT2D eigenvalue weighted by Gasteiger charge is -2.29. The highest BCUT2D eigenvalue weighted by atomic mass is 32.2. The fraction of sp³-hybridized carbons (Fsp3) is 0.444. The van der Waals surface area contributed by atoms with Crippen molar-refractivity contribution in [1.82, 2.24) is 9.55 Å². The molecule has 35 heavy (non-hydrogen) atoms. The van der Waals surface area contributed by atoms with E-state index in [2.05, 4.69) is 17.1 Å². The van der Waals surface area contributed by atoms with Crippen molar-refractivity contribution >= 4 is 39.9 Å². The van der Waals surface area contributed by atoms with Gasteiger partial charge in [-0.25, -0.2) is 4.98 Å². The average Bonchev–Trinajstić information content (AvgIpc) is 2.87. The number of unbranched alkanes of at least 4 members (excludes halogenated alkanes) is 1. The summed E-state index contributed by atoms with van der Waals surface area (Å²) >= 11 is 1.37. The molecule has 7 nitrogen and oxygen atoms in total. The summed E-state index contributed by atoms with van der Waals surface area (Å²) in [6.45, 7) is 9.67. The van der Waals surface area contributed by atoms with Gasteiger partial charge in [0.15, 0.2) is 5.16 Å². The third-order valence-corrected chi connectivity index (χ3v) is 7.57. The van der Waals surface area contributed by atoms with E-state index in [1.165, 1.54) is 11.8 Å². The Hall–Kier alpha value is -2.84. The van der Waals surface area contributed by atoms with Crippen LogP contribution < -0.4 is 15.8 Å². The van der Waals surface area contributed by atoms with Crippen molar-refractivity contribution in [2.24, 2.45) is 0 Å². The molecule has 0 saturated carbocycles. The lowest BCUT2D eigenvalue weighted by atomic mass is 10.2. The van der Waals surface area contributed by atoms with Crippen LogP contribution in [0.4, 0.5) is 11.4 Å². The number of ether oxygens (including phenoxy) is 1. The van der Waals surface area contributed by atoms with Gasteiger partial charge >= 0.3 is 0 Å². The summed E-state index contributed by atoms with van der Waals surface area (Å²) in [5.41, 5.74) is 3.50. The zero-order chi connectivity index (χ0) is 24.8. The molecule has 0 bridgehead atoms. The molecule has 1 aliphatic rings. The van der Waals surface area contributed by atoms with E-state index in [0.717, 1.165) is 42.9 Å². The number of amides is 1. The van der Waals surface area contributed by atoms with E-state index >= 15 is 0 Å². The zero-order valence-electron chi connectivity index (χ0n) is 20.8. The summed E-state index contributed by atoms with van der Waals surface area (Å²) in [5.74, 6) is -0.0813. The second-order valence-electron chi connectivity index (χ2n) is 8.88. The maximum atomic E-state index is 13.6. The number of aromatic nitrogens is 2. The highest BCUT2D eigenvalue weighted by molar-refractivity contribution is 8.00. The Morgan fingerprint density at radius 2 is 1.97 bits per heavy atom. The summed E-state index contributed by atoms with van der Waals surface area (Å²) in [6.07, 6.45) is 2.46. The Labute approximate surface area is 210 Å². The van der Waals surface area contributed by atoms with E-state index in [4.69, 9.17) is 9.72 Å². The molecule has 0 spiro atoms. The number of fused-ring (bicyclic) bond motifs is 1. The highest BCUT2D eigenvalue weighted by Crippen LogP contribution is 2.28. The van der Waals surface area contributed by atoms with Crippen molar-refractivity contribution in [3.05, 3.63) is 58.4 Å². The van der Waals surface area contributed by atoms with Crippen molar-refractivity contribution in [3.63, 3.8) is 0 Å². The molecular formula is C27H34N4O3S. The topological polar surface area (TPSA) is 76.5 Å². The first-order valence-corrected chi connectivity index (χ1v) is 13.3. The van der Waals surface area contributed by atoms with E-state index < -0.39 is 0 Å². The van der Waals surface area contributed by atoms with E-state index in [-0.39, 0.29) is 16.7 Å². The number of carbonyl (C=O) groups excluding carboxylic acids is 1. The van der Waals surface area contributed by atoms with Gasteiger partial charge in [-0.05, 0) is 55.7 Å². The number of rotatable bonds is 9. The number of hydrogen-bond donors (Lipinski definition) is 1. The number of nitrogens with one attached hydrogen (secondary N) is 1. The molecule has 0 aliphatic carbocycles. The largest absolute Gasteiger partial charge is 0.378 e. The van der Waals surface area contributed by atoms with Crippen molar-refractivity contribution in [2.45, 2.75) is 57.0 Å². The van der Waals surface area contributed by atoms with E-state index in [0.29, 0.717) is 42.2 Å². The summed E-state index contributed by atoms with van der Waals surface area (Å²) in [5, 5.41) is 3.88. The van der Waals surface area contributed by atoms with Gasteiger partial charge < -0.3 is 15.0 Å². The van der Waals surface area contributed by atoms with E-state index in [1.54, 1.807) is 4.57 Å². The molecule has 2 aromatic carbocycles. The third kappa shape index (κ3) is 6.05. The van der Waals surface area contributed by atoms with Crippen molar-refractivity contribution < 1.29 is 9.53 Å². The molecule has 1 saturated heterocycles. The number of thioether (sulfide) groups is 1. The van der Waals surface area contributed by atoms with Crippen molar-refractivity contribution in [1.29, 1.82) is 0 Å². The number of aryl methyl sites for hydroxylation is 1. The molecule has 8 heteroatoms. The Kier molecular flexibility index (Phi) is 8.46. The summed E-state index contributed by atoms with van der Waals surface area (Å²) in [4.78, 5) is 33.8. The Morgan fingerprint density at radius 3 is 2.69 bits per heavy atom. The molecule has 1 amide bonds. The lowest BCUT2D eigenvalue weighted by molar-refractivity contribution is -0.115. The van der Waals surface area contributed by atoms with Crippen LogP contribution in [0, 0.1) is 6.92 Å². The number of nitrogens with zero attached hydrogens (tertiary/aromatic N) is 3. The van der Waals surface area contributed by atoms with Crippen LogP contribution in [-0.2, 0) is 16.1 Å². The Bertz CT molecular complexity index is 1240. The number of benzene rings is 2. The molecule has 1 aliphatic heterocycles. The molecule has 1 N–H and O–H groups in total. The van der Waals surface area contributed by atoms with Gasteiger partial charge in [0, 0.05) is 31.0 Å². The Morgan fingerprint density at radius 1 is 1.17 bits per heavy atom. The minimum atomic E-state index is -0.361. The molecule has 1 atom stereocenters. The van der Waals surface area contributed by atoms with Crippen LogP contribution in [0.3, 0.4) is 0 Å². The zero-order valence-corrected chi connectivity index (χ0v) is 21.6. The second kappa shape index (κ2) is 11.7. The maximum absolute atomic E-state index is 13.6. The number of carbonyl (C=O) groups is 1. The molecule has 186 valence electrons. The van der Waals surface area contributed by atoms with E-state index in [9.17, 15) is 9.59 Å². The lowest BCUT2D eigenvalue weighted by Crippen LogP contribution is -2.36. The standard InChI is InChI=1S/C27H34N4O3S/c1-4-6-12-31-26(33)22-18-21(30-13-15-34-16-14-30)10-11-23(22)29-27(31)35-24(5-2)25(32)28-20-9-7-8-19(3)17-20/h7-11,17-18,24H,4-6,12-16H2,1-3H3,(H,28,32). The molecule has 1 fully saturated rings. The minimum absolute atomic E-state index is 0.0463. The summed E-state index contributed by atoms with van der Waals surface area (Å²) in [7, 11) is 0. The summed E-state index contributed by atoms with van der Waals surface area (Å²) < 4.78 is 7.22. The van der Waals surface area contributed by atoms with Gasteiger partial charge in [-0.1, -0.05) is 44.2 Å². The summed E-state index contributed by atoms with van der Waals surface area (Å²) in [6, 6.07) is 13.7. The molecule has 1 aromatic heterocycles. The monoisotopic (exact) mass is 494 g/mol. The molecule has 1 unspecified atom stereocenters. The van der Waals surface area contributed by atoms with Crippen LogP contribution >= 0.6 is 11.8 Å². The normalized spacial score (nSPS) is 14.8. The molecule has 0 radical (unpaired) electrons. The average molecular weight is 495 g/mol. The predicted molar refractivity (Wildman–Crippen MR) is 144 cm³/mol. The van der Waals surface area contributed by atoms with E-state index in [1.807, 2.05) is 56.3 Å². The smallest absolute Gasteiger partial charge is 0.262 e. The molecule has 4 rings (SSSR count). The van der Waals surface area contributed by atoms with Gasteiger partial charge in [0.2, 0.25) is 5.91 Å². The van der Waals surface area contributed by atoms with Crippen LogP contribution in [0.15, 0.2) is 52.4 Å².